The van der Waals surface area contributed by atoms with Crippen LogP contribution in [0.3, 0.4) is 0 Å². The molecule has 2 N–H and O–H groups in total. The highest BCUT2D eigenvalue weighted by Crippen LogP contribution is 2.22. The molecule has 0 aliphatic carbocycles. The molecular formula is C19H15F3N4O. The molecule has 0 bridgehead atoms. The highest BCUT2D eigenvalue weighted by atomic mass is 19.2. The van der Waals surface area contributed by atoms with Gasteiger partial charge in [0.2, 0.25) is 0 Å². The van der Waals surface area contributed by atoms with Gasteiger partial charge in [0, 0.05) is 6.07 Å². The number of nitrogens with zero attached hydrogens (tertiary/aromatic N) is 2. The zero-order chi connectivity index (χ0) is 19.4. The molecule has 1 amide bonds. The summed E-state index contributed by atoms with van der Waals surface area (Å²) in [6, 6.07) is 12.2. The molecule has 27 heavy (non-hydrogen) atoms. The number of nitrogens with one attached hydrogen (secondary N) is 2. The van der Waals surface area contributed by atoms with Crippen molar-refractivity contribution in [2.45, 2.75) is 13.0 Å². The van der Waals surface area contributed by atoms with E-state index in [1.54, 1.807) is 0 Å². The number of anilines is 2. The Bertz CT molecular complexity index is 966. The Kier molecular flexibility index (Phi) is 5.35. The summed E-state index contributed by atoms with van der Waals surface area (Å²) < 4.78 is 40.1. The van der Waals surface area contributed by atoms with Crippen LogP contribution < -0.4 is 10.6 Å². The maximum Gasteiger partial charge on any atom is 0.270 e. The lowest BCUT2D eigenvalue weighted by molar-refractivity contribution is 0.0934. The van der Waals surface area contributed by atoms with Gasteiger partial charge in [0.25, 0.3) is 5.91 Å². The number of hydrogen-bond acceptors (Lipinski definition) is 4. The summed E-state index contributed by atoms with van der Waals surface area (Å²) in [5, 5.41) is 5.30. The molecule has 0 aliphatic rings. The Morgan fingerprint density at radius 3 is 2.48 bits per heavy atom. The lowest BCUT2D eigenvalue weighted by Crippen LogP contribution is -2.27. The van der Waals surface area contributed by atoms with Crippen molar-refractivity contribution in [1.82, 2.24) is 15.3 Å². The van der Waals surface area contributed by atoms with Crippen LogP contribution in [-0.4, -0.2) is 15.9 Å². The van der Waals surface area contributed by atoms with E-state index in [9.17, 15) is 18.0 Å². The first-order valence-corrected chi connectivity index (χ1v) is 8.04. The van der Waals surface area contributed by atoms with Crippen molar-refractivity contribution in [3.8, 4) is 0 Å². The van der Waals surface area contributed by atoms with Gasteiger partial charge in [0.15, 0.2) is 17.5 Å². The fourth-order valence-electron chi connectivity index (χ4n) is 2.41. The highest BCUT2D eigenvalue weighted by Gasteiger charge is 2.16. The molecular weight excluding hydrogens is 357 g/mol. The Morgan fingerprint density at radius 2 is 1.74 bits per heavy atom. The third kappa shape index (κ3) is 4.22. The lowest BCUT2D eigenvalue weighted by Gasteiger charge is -2.14. The second-order valence-corrected chi connectivity index (χ2v) is 5.74. The van der Waals surface area contributed by atoms with Gasteiger partial charge in [0.05, 0.1) is 11.7 Å². The summed E-state index contributed by atoms with van der Waals surface area (Å²) in [5.41, 5.74) is 0.650. The maximum absolute atomic E-state index is 13.8. The molecule has 0 radical (unpaired) electrons. The quantitative estimate of drug-likeness (QED) is 0.661. The molecule has 0 spiro atoms. The molecule has 138 valence electrons. The zero-order valence-corrected chi connectivity index (χ0v) is 14.2. The Morgan fingerprint density at radius 1 is 1.00 bits per heavy atom. The molecule has 0 fully saturated rings. The first-order valence-electron chi connectivity index (χ1n) is 8.04. The second-order valence-electron chi connectivity index (χ2n) is 5.74. The molecule has 1 heterocycles. The molecule has 8 heteroatoms. The number of halogens is 3. The van der Waals surface area contributed by atoms with Crippen molar-refractivity contribution in [3.63, 3.8) is 0 Å². The molecule has 1 atom stereocenters. The van der Waals surface area contributed by atoms with Crippen LogP contribution in [0.25, 0.3) is 0 Å². The Balaban J connectivity index is 1.75. The van der Waals surface area contributed by atoms with Gasteiger partial charge in [-0.2, -0.15) is 0 Å². The minimum absolute atomic E-state index is 0.0401. The summed E-state index contributed by atoms with van der Waals surface area (Å²) >= 11 is 0. The first kappa shape index (κ1) is 18.4. The standard InChI is InChI=1S/C19H15F3N4O/c1-11(12-5-3-2-4-6-12)25-19(27)15-9-16(24-10-23-15)26-14-8-7-13(20)17(21)18(14)22/h2-11H,1H3,(H,25,27)(H,23,24,26). The minimum Gasteiger partial charge on any atom is -0.344 e. The highest BCUT2D eigenvalue weighted by molar-refractivity contribution is 5.93. The average Bonchev–Trinajstić information content (AvgIpc) is 2.69. The predicted molar refractivity (Wildman–Crippen MR) is 94.0 cm³/mol. The number of aromatic nitrogens is 2. The van der Waals surface area contributed by atoms with Crippen molar-refractivity contribution in [2.24, 2.45) is 0 Å². The van der Waals surface area contributed by atoms with Gasteiger partial charge in [0.1, 0.15) is 17.8 Å². The molecule has 1 unspecified atom stereocenters. The van der Waals surface area contributed by atoms with Crippen LogP contribution in [0.2, 0.25) is 0 Å². The van der Waals surface area contributed by atoms with Gasteiger partial charge in [-0.05, 0) is 24.6 Å². The van der Waals surface area contributed by atoms with E-state index in [-0.39, 0.29) is 23.2 Å². The zero-order valence-electron chi connectivity index (χ0n) is 14.2. The van der Waals surface area contributed by atoms with Gasteiger partial charge in [-0.15, -0.1) is 0 Å². The van der Waals surface area contributed by atoms with Crippen molar-refractivity contribution < 1.29 is 18.0 Å². The summed E-state index contributed by atoms with van der Waals surface area (Å²) in [5.74, 6) is -4.66. The molecule has 0 saturated heterocycles. The molecule has 2 aromatic carbocycles. The predicted octanol–water partition coefficient (Wildman–Crippen LogP) is 4.13. The van der Waals surface area contributed by atoms with E-state index in [0.717, 1.165) is 24.0 Å². The molecule has 3 rings (SSSR count). The number of carbonyl (C=O) groups excluding carboxylic acids is 1. The summed E-state index contributed by atoms with van der Waals surface area (Å²) in [6.07, 6.45) is 1.11. The van der Waals surface area contributed by atoms with E-state index in [1.165, 1.54) is 6.07 Å². The van der Waals surface area contributed by atoms with E-state index in [1.807, 2.05) is 37.3 Å². The van der Waals surface area contributed by atoms with E-state index < -0.39 is 23.4 Å². The van der Waals surface area contributed by atoms with Gasteiger partial charge < -0.3 is 10.6 Å². The van der Waals surface area contributed by atoms with Crippen molar-refractivity contribution in [3.05, 3.63) is 83.6 Å². The summed E-state index contributed by atoms with van der Waals surface area (Å²) in [4.78, 5) is 20.1. The van der Waals surface area contributed by atoms with Crippen molar-refractivity contribution in [2.75, 3.05) is 5.32 Å². The fourth-order valence-corrected chi connectivity index (χ4v) is 2.41. The maximum atomic E-state index is 13.8. The minimum atomic E-state index is -1.59. The molecule has 0 aliphatic heterocycles. The molecule has 3 aromatic rings. The van der Waals surface area contributed by atoms with Crippen LogP contribution in [0.4, 0.5) is 24.7 Å². The SMILES string of the molecule is CC(NC(=O)c1cc(Nc2ccc(F)c(F)c2F)ncn1)c1ccccc1. The largest absolute Gasteiger partial charge is 0.344 e. The van der Waals surface area contributed by atoms with Crippen LogP contribution in [0.15, 0.2) is 54.9 Å². The summed E-state index contributed by atoms with van der Waals surface area (Å²) in [7, 11) is 0. The third-order valence-corrected chi connectivity index (χ3v) is 3.84. The number of amides is 1. The first-order chi connectivity index (χ1) is 13.0. The number of rotatable bonds is 5. The number of carbonyl (C=O) groups is 1. The monoisotopic (exact) mass is 372 g/mol. The van der Waals surface area contributed by atoms with E-state index in [0.29, 0.717) is 0 Å². The van der Waals surface area contributed by atoms with Gasteiger partial charge in [-0.25, -0.2) is 23.1 Å². The van der Waals surface area contributed by atoms with Gasteiger partial charge in [-0.3, -0.25) is 4.79 Å². The third-order valence-electron chi connectivity index (χ3n) is 3.84. The van der Waals surface area contributed by atoms with Crippen molar-refractivity contribution in [1.29, 1.82) is 0 Å². The Labute approximate surface area is 153 Å². The molecule has 0 saturated carbocycles. The van der Waals surface area contributed by atoms with Gasteiger partial charge in [-0.1, -0.05) is 30.3 Å². The normalized spacial score (nSPS) is 11.7. The van der Waals surface area contributed by atoms with E-state index >= 15 is 0 Å². The Hall–Kier alpha value is -3.42. The van der Waals surface area contributed by atoms with Crippen LogP contribution >= 0.6 is 0 Å². The van der Waals surface area contributed by atoms with Crippen LogP contribution in [0.1, 0.15) is 29.0 Å². The van der Waals surface area contributed by atoms with E-state index in [4.69, 9.17) is 0 Å². The number of benzene rings is 2. The van der Waals surface area contributed by atoms with Crippen molar-refractivity contribution >= 4 is 17.4 Å². The fraction of sp³-hybridized carbons (Fsp3) is 0.105. The lowest BCUT2D eigenvalue weighted by atomic mass is 10.1. The van der Waals surface area contributed by atoms with Gasteiger partial charge >= 0.3 is 0 Å². The van der Waals surface area contributed by atoms with Crippen LogP contribution in [-0.2, 0) is 0 Å². The van der Waals surface area contributed by atoms with E-state index in [2.05, 4.69) is 20.6 Å². The number of hydrogen-bond donors (Lipinski definition) is 2. The topological polar surface area (TPSA) is 66.9 Å². The summed E-state index contributed by atoms with van der Waals surface area (Å²) in [6.45, 7) is 1.82. The molecule has 5 nitrogen and oxygen atoms in total. The second kappa shape index (κ2) is 7.86. The average molecular weight is 372 g/mol. The van der Waals surface area contributed by atoms with Crippen LogP contribution in [0.5, 0.6) is 0 Å². The van der Waals surface area contributed by atoms with Crippen LogP contribution in [0, 0.1) is 17.5 Å². The molecule has 1 aromatic heterocycles. The smallest absolute Gasteiger partial charge is 0.270 e.